The molecule has 6 heteroatoms. The maximum absolute atomic E-state index is 11.3. The van der Waals surface area contributed by atoms with Crippen LogP contribution in [0.3, 0.4) is 0 Å². The lowest BCUT2D eigenvalue weighted by atomic mass is 10.0. The van der Waals surface area contributed by atoms with Crippen LogP contribution in [0.15, 0.2) is 23.4 Å². The summed E-state index contributed by atoms with van der Waals surface area (Å²) in [5.41, 5.74) is 0.608. The molecular formula is C16H27NO5. The van der Waals surface area contributed by atoms with Gasteiger partial charge in [-0.05, 0) is 19.3 Å². The van der Waals surface area contributed by atoms with E-state index in [4.69, 9.17) is 9.47 Å². The molecule has 1 rings (SSSR count). The van der Waals surface area contributed by atoms with Crippen LogP contribution in [0.1, 0.15) is 53.4 Å². The average molecular weight is 313 g/mol. The SMILES string of the molecule is CC/C=C\C(=C(/CC)[N+](=O)[O-])C1OC(CC)(CC)OC1CO. The summed E-state index contributed by atoms with van der Waals surface area (Å²) >= 11 is 0. The Morgan fingerprint density at radius 1 is 1.27 bits per heavy atom. The van der Waals surface area contributed by atoms with E-state index in [9.17, 15) is 15.2 Å². The second-order valence-electron chi connectivity index (χ2n) is 5.32. The van der Waals surface area contributed by atoms with Crippen LogP contribution in [0.4, 0.5) is 0 Å². The molecule has 0 bridgehead atoms. The third-order valence-corrected chi connectivity index (χ3v) is 4.03. The number of allylic oxidation sites excluding steroid dienone is 2. The predicted molar refractivity (Wildman–Crippen MR) is 83.9 cm³/mol. The van der Waals surface area contributed by atoms with Crippen molar-refractivity contribution in [2.24, 2.45) is 0 Å². The van der Waals surface area contributed by atoms with Crippen molar-refractivity contribution in [2.75, 3.05) is 6.61 Å². The number of hydrogen-bond donors (Lipinski definition) is 1. The maximum Gasteiger partial charge on any atom is 0.251 e. The molecular weight excluding hydrogens is 286 g/mol. The molecule has 126 valence electrons. The molecule has 0 aliphatic carbocycles. The zero-order valence-electron chi connectivity index (χ0n) is 13.9. The monoisotopic (exact) mass is 313 g/mol. The first-order valence-electron chi connectivity index (χ1n) is 7.98. The van der Waals surface area contributed by atoms with E-state index in [1.807, 2.05) is 26.8 Å². The van der Waals surface area contributed by atoms with Crippen LogP contribution < -0.4 is 0 Å². The van der Waals surface area contributed by atoms with Crippen molar-refractivity contribution < 1.29 is 19.5 Å². The summed E-state index contributed by atoms with van der Waals surface area (Å²) in [6, 6.07) is 0. The number of ether oxygens (including phenoxy) is 2. The van der Waals surface area contributed by atoms with Gasteiger partial charge in [0.05, 0.1) is 17.1 Å². The van der Waals surface area contributed by atoms with Gasteiger partial charge in [-0.25, -0.2) is 0 Å². The van der Waals surface area contributed by atoms with Gasteiger partial charge in [-0.2, -0.15) is 0 Å². The van der Waals surface area contributed by atoms with Crippen LogP contribution in [-0.2, 0) is 9.47 Å². The summed E-state index contributed by atoms with van der Waals surface area (Å²) in [6.45, 7) is 7.36. The highest BCUT2D eigenvalue weighted by Crippen LogP contribution is 2.38. The summed E-state index contributed by atoms with van der Waals surface area (Å²) in [6.07, 6.45) is 4.71. The van der Waals surface area contributed by atoms with Crippen molar-refractivity contribution in [1.82, 2.24) is 0 Å². The van der Waals surface area contributed by atoms with E-state index in [0.29, 0.717) is 24.8 Å². The van der Waals surface area contributed by atoms with Gasteiger partial charge in [-0.3, -0.25) is 10.1 Å². The minimum atomic E-state index is -0.779. The third-order valence-electron chi connectivity index (χ3n) is 4.03. The molecule has 6 nitrogen and oxygen atoms in total. The Bertz CT molecular complexity index is 440. The lowest BCUT2D eigenvalue weighted by Gasteiger charge is -2.25. The molecule has 0 aromatic carbocycles. The molecule has 1 aliphatic heterocycles. The minimum Gasteiger partial charge on any atom is -0.394 e. The molecule has 1 aliphatic rings. The fourth-order valence-corrected chi connectivity index (χ4v) is 2.69. The molecule has 0 aromatic heterocycles. The summed E-state index contributed by atoms with van der Waals surface area (Å²) in [7, 11) is 0. The highest BCUT2D eigenvalue weighted by atomic mass is 16.8. The standard InChI is InChI=1S/C16H27NO5/c1-5-9-10-12(13(6-2)17(19)20)15-14(11-18)21-16(7-3,8-4)22-15/h9-10,14-15,18H,5-8,11H2,1-4H3/b10-9-,13-12-. The van der Waals surface area contributed by atoms with E-state index in [2.05, 4.69) is 0 Å². The van der Waals surface area contributed by atoms with Gasteiger partial charge in [0.15, 0.2) is 5.79 Å². The molecule has 1 fully saturated rings. The highest BCUT2D eigenvalue weighted by molar-refractivity contribution is 5.29. The Morgan fingerprint density at radius 2 is 1.91 bits per heavy atom. The smallest absolute Gasteiger partial charge is 0.251 e. The van der Waals surface area contributed by atoms with Gasteiger partial charge in [0.25, 0.3) is 5.70 Å². The highest BCUT2D eigenvalue weighted by Gasteiger charge is 2.47. The maximum atomic E-state index is 11.3. The van der Waals surface area contributed by atoms with E-state index in [-0.39, 0.29) is 17.2 Å². The van der Waals surface area contributed by atoms with Crippen LogP contribution in [0.25, 0.3) is 0 Å². The average Bonchev–Trinajstić information content (AvgIpc) is 2.90. The van der Waals surface area contributed by atoms with Crippen molar-refractivity contribution in [2.45, 2.75) is 71.4 Å². The zero-order chi connectivity index (χ0) is 16.8. The van der Waals surface area contributed by atoms with Gasteiger partial charge in [-0.15, -0.1) is 0 Å². The van der Waals surface area contributed by atoms with Crippen LogP contribution in [-0.4, -0.2) is 34.6 Å². The van der Waals surface area contributed by atoms with E-state index < -0.39 is 18.0 Å². The van der Waals surface area contributed by atoms with Gasteiger partial charge in [0, 0.05) is 6.42 Å². The first-order chi connectivity index (χ1) is 10.5. The molecule has 1 N–H and O–H groups in total. The number of aliphatic hydroxyl groups excluding tert-OH is 1. The number of hydrogen-bond acceptors (Lipinski definition) is 5. The normalized spacial score (nSPS) is 25.5. The molecule has 0 amide bonds. The summed E-state index contributed by atoms with van der Waals surface area (Å²) < 4.78 is 11.9. The Labute approximate surface area is 132 Å². The number of rotatable bonds is 8. The number of nitro groups is 1. The number of nitrogens with zero attached hydrogens (tertiary/aromatic N) is 1. The molecule has 0 spiro atoms. The fourth-order valence-electron chi connectivity index (χ4n) is 2.69. The Morgan fingerprint density at radius 3 is 2.32 bits per heavy atom. The number of aliphatic hydroxyl groups is 1. The lowest BCUT2D eigenvalue weighted by molar-refractivity contribution is -0.429. The van der Waals surface area contributed by atoms with Crippen LogP contribution >= 0.6 is 0 Å². The van der Waals surface area contributed by atoms with E-state index >= 15 is 0 Å². The molecule has 0 radical (unpaired) electrons. The topological polar surface area (TPSA) is 81.8 Å². The van der Waals surface area contributed by atoms with Crippen molar-refractivity contribution in [1.29, 1.82) is 0 Å². The van der Waals surface area contributed by atoms with Crippen molar-refractivity contribution in [3.63, 3.8) is 0 Å². The molecule has 0 saturated carbocycles. The Kier molecular flexibility index (Phi) is 7.19. The van der Waals surface area contributed by atoms with Gasteiger partial charge >= 0.3 is 0 Å². The van der Waals surface area contributed by atoms with E-state index in [0.717, 1.165) is 6.42 Å². The van der Waals surface area contributed by atoms with Gasteiger partial charge in [0.1, 0.15) is 12.2 Å². The van der Waals surface area contributed by atoms with Crippen molar-refractivity contribution in [3.05, 3.63) is 33.5 Å². The molecule has 22 heavy (non-hydrogen) atoms. The largest absolute Gasteiger partial charge is 0.394 e. The van der Waals surface area contributed by atoms with Crippen LogP contribution in [0, 0.1) is 10.1 Å². The zero-order valence-corrected chi connectivity index (χ0v) is 13.9. The summed E-state index contributed by atoms with van der Waals surface area (Å²) in [5, 5.41) is 20.9. The second-order valence-corrected chi connectivity index (χ2v) is 5.32. The molecule has 2 atom stereocenters. The van der Waals surface area contributed by atoms with E-state index in [1.165, 1.54) is 0 Å². The quantitative estimate of drug-likeness (QED) is 0.423. The summed E-state index contributed by atoms with van der Waals surface area (Å²) in [4.78, 5) is 11.0. The minimum absolute atomic E-state index is 0.111. The van der Waals surface area contributed by atoms with Crippen molar-refractivity contribution >= 4 is 0 Å². The van der Waals surface area contributed by atoms with Gasteiger partial charge in [-0.1, -0.05) is 39.8 Å². The summed E-state index contributed by atoms with van der Waals surface area (Å²) in [5.74, 6) is -0.779. The second kappa shape index (κ2) is 8.41. The van der Waals surface area contributed by atoms with Crippen LogP contribution in [0.2, 0.25) is 0 Å². The fraction of sp³-hybridized carbons (Fsp3) is 0.750. The first-order valence-corrected chi connectivity index (χ1v) is 7.98. The molecule has 1 heterocycles. The predicted octanol–water partition coefficient (Wildman–Crippen LogP) is 3.19. The van der Waals surface area contributed by atoms with E-state index in [1.54, 1.807) is 13.0 Å². The van der Waals surface area contributed by atoms with Crippen LogP contribution in [0.5, 0.6) is 0 Å². The third kappa shape index (κ3) is 3.94. The first kappa shape index (κ1) is 18.8. The lowest BCUT2D eigenvalue weighted by Crippen LogP contribution is -2.29. The van der Waals surface area contributed by atoms with Gasteiger partial charge < -0.3 is 14.6 Å². The molecule has 0 aromatic rings. The van der Waals surface area contributed by atoms with Crippen molar-refractivity contribution in [3.8, 4) is 0 Å². The molecule has 2 unspecified atom stereocenters. The Balaban J connectivity index is 3.29. The molecule has 1 saturated heterocycles. The Hall–Kier alpha value is -1.24. The van der Waals surface area contributed by atoms with Gasteiger partial charge in [0.2, 0.25) is 0 Å².